The molecule has 0 aliphatic carbocycles. The lowest BCUT2D eigenvalue weighted by atomic mass is 10.1. The van der Waals surface area contributed by atoms with E-state index in [1.807, 2.05) is 25.1 Å². The molecular formula is C14H11Cl2N3. The molecule has 0 N–H and O–H groups in total. The Labute approximate surface area is 120 Å². The Hall–Kier alpha value is -1.58. The molecule has 19 heavy (non-hydrogen) atoms. The third-order valence-electron chi connectivity index (χ3n) is 3.06. The molecule has 96 valence electrons. The zero-order valence-corrected chi connectivity index (χ0v) is 11.8. The van der Waals surface area contributed by atoms with Crippen molar-refractivity contribution in [3.63, 3.8) is 0 Å². The van der Waals surface area contributed by atoms with E-state index < -0.39 is 0 Å². The van der Waals surface area contributed by atoms with Gasteiger partial charge in [-0.05, 0) is 12.5 Å². The maximum atomic E-state index is 6.22. The summed E-state index contributed by atoms with van der Waals surface area (Å²) >= 11 is 12.3. The van der Waals surface area contributed by atoms with E-state index in [1.165, 1.54) is 5.56 Å². The Morgan fingerprint density at radius 2 is 1.89 bits per heavy atom. The molecule has 0 bridgehead atoms. The highest BCUT2D eigenvalue weighted by Crippen LogP contribution is 2.25. The van der Waals surface area contributed by atoms with Crippen molar-refractivity contribution in [2.24, 2.45) is 0 Å². The van der Waals surface area contributed by atoms with E-state index in [0.29, 0.717) is 16.0 Å². The van der Waals surface area contributed by atoms with Crippen LogP contribution >= 0.6 is 23.2 Å². The average molecular weight is 292 g/mol. The van der Waals surface area contributed by atoms with Crippen LogP contribution in [0.15, 0.2) is 36.5 Å². The van der Waals surface area contributed by atoms with Crippen molar-refractivity contribution in [2.45, 2.75) is 13.3 Å². The molecule has 0 atom stereocenters. The van der Waals surface area contributed by atoms with E-state index >= 15 is 0 Å². The SMILES string of the molecule is Cc1c(Cl)nc2c(Cc3ccccc3)cnn2c1Cl. The summed E-state index contributed by atoms with van der Waals surface area (Å²) in [7, 11) is 0. The standard InChI is InChI=1S/C14H11Cl2N3/c1-9-12(15)18-14-11(8-17-19(14)13(9)16)7-10-5-3-2-4-6-10/h2-6,8H,7H2,1H3. The molecule has 3 rings (SSSR count). The van der Waals surface area contributed by atoms with Gasteiger partial charge in [-0.2, -0.15) is 5.10 Å². The van der Waals surface area contributed by atoms with Gasteiger partial charge in [0.1, 0.15) is 10.3 Å². The molecule has 2 aromatic heterocycles. The van der Waals surface area contributed by atoms with Crippen LogP contribution in [0.1, 0.15) is 16.7 Å². The number of halogens is 2. The number of rotatable bonds is 2. The number of aromatic nitrogens is 3. The first-order valence-corrected chi connectivity index (χ1v) is 6.64. The lowest BCUT2D eigenvalue weighted by Gasteiger charge is -2.04. The van der Waals surface area contributed by atoms with Crippen molar-refractivity contribution in [3.05, 3.63) is 63.5 Å². The normalized spacial score (nSPS) is 11.1. The summed E-state index contributed by atoms with van der Waals surface area (Å²) in [6.07, 6.45) is 2.55. The third-order valence-corrected chi connectivity index (χ3v) is 3.87. The summed E-state index contributed by atoms with van der Waals surface area (Å²) in [5, 5.41) is 5.21. The zero-order valence-electron chi connectivity index (χ0n) is 10.3. The van der Waals surface area contributed by atoms with Crippen LogP contribution in [0.25, 0.3) is 5.65 Å². The summed E-state index contributed by atoms with van der Waals surface area (Å²) in [6, 6.07) is 10.2. The number of hydrogen-bond donors (Lipinski definition) is 0. The largest absolute Gasteiger partial charge is 0.216 e. The Balaban J connectivity index is 2.11. The second kappa shape index (κ2) is 4.83. The van der Waals surface area contributed by atoms with Gasteiger partial charge in [-0.1, -0.05) is 53.5 Å². The minimum atomic E-state index is 0.423. The average Bonchev–Trinajstić information content (AvgIpc) is 2.81. The van der Waals surface area contributed by atoms with Crippen LogP contribution in [0.5, 0.6) is 0 Å². The van der Waals surface area contributed by atoms with Gasteiger partial charge < -0.3 is 0 Å². The van der Waals surface area contributed by atoms with Crippen LogP contribution in [-0.4, -0.2) is 14.6 Å². The van der Waals surface area contributed by atoms with Gasteiger partial charge in [0, 0.05) is 17.5 Å². The fraction of sp³-hybridized carbons (Fsp3) is 0.143. The molecule has 0 saturated carbocycles. The van der Waals surface area contributed by atoms with Gasteiger partial charge in [0.15, 0.2) is 5.65 Å². The van der Waals surface area contributed by atoms with Crippen LogP contribution < -0.4 is 0 Å². The van der Waals surface area contributed by atoms with E-state index in [2.05, 4.69) is 22.2 Å². The minimum Gasteiger partial charge on any atom is -0.216 e. The topological polar surface area (TPSA) is 30.2 Å². The van der Waals surface area contributed by atoms with Gasteiger partial charge in [0.2, 0.25) is 0 Å². The molecule has 0 saturated heterocycles. The van der Waals surface area contributed by atoms with E-state index in [4.69, 9.17) is 23.2 Å². The lowest BCUT2D eigenvalue weighted by molar-refractivity contribution is 0.929. The molecule has 3 nitrogen and oxygen atoms in total. The summed E-state index contributed by atoms with van der Waals surface area (Å²) in [5.74, 6) is 0. The third kappa shape index (κ3) is 2.20. The van der Waals surface area contributed by atoms with Crippen LogP contribution in [0.3, 0.4) is 0 Å². The molecule has 0 radical (unpaired) electrons. The molecule has 0 spiro atoms. The van der Waals surface area contributed by atoms with Gasteiger partial charge in [-0.3, -0.25) is 0 Å². The lowest BCUT2D eigenvalue weighted by Crippen LogP contribution is -1.98. The monoisotopic (exact) mass is 291 g/mol. The molecule has 0 amide bonds. The highest BCUT2D eigenvalue weighted by molar-refractivity contribution is 6.34. The predicted molar refractivity (Wildman–Crippen MR) is 77.0 cm³/mol. The van der Waals surface area contributed by atoms with E-state index in [-0.39, 0.29) is 0 Å². The number of benzene rings is 1. The maximum absolute atomic E-state index is 6.22. The second-order valence-corrected chi connectivity index (χ2v) is 5.10. The summed E-state index contributed by atoms with van der Waals surface area (Å²) in [6.45, 7) is 1.83. The van der Waals surface area contributed by atoms with Crippen molar-refractivity contribution in [1.82, 2.24) is 14.6 Å². The van der Waals surface area contributed by atoms with E-state index in [1.54, 1.807) is 10.7 Å². The number of nitrogens with zero attached hydrogens (tertiary/aromatic N) is 3. The van der Waals surface area contributed by atoms with Crippen molar-refractivity contribution < 1.29 is 0 Å². The van der Waals surface area contributed by atoms with Gasteiger partial charge >= 0.3 is 0 Å². The molecule has 2 heterocycles. The maximum Gasteiger partial charge on any atom is 0.161 e. The first-order chi connectivity index (χ1) is 9.16. The van der Waals surface area contributed by atoms with Crippen molar-refractivity contribution in [1.29, 1.82) is 0 Å². The Morgan fingerprint density at radius 3 is 2.63 bits per heavy atom. The minimum absolute atomic E-state index is 0.423. The van der Waals surface area contributed by atoms with Gasteiger partial charge in [-0.25, -0.2) is 9.50 Å². The molecule has 3 aromatic rings. The summed E-state index contributed by atoms with van der Waals surface area (Å²) in [4.78, 5) is 4.37. The van der Waals surface area contributed by atoms with Crippen molar-refractivity contribution >= 4 is 28.8 Å². The zero-order chi connectivity index (χ0) is 13.4. The van der Waals surface area contributed by atoms with Gasteiger partial charge in [0.05, 0.1) is 6.20 Å². The first-order valence-electron chi connectivity index (χ1n) is 5.89. The molecule has 0 unspecified atom stereocenters. The van der Waals surface area contributed by atoms with E-state index in [0.717, 1.165) is 17.5 Å². The molecule has 0 aliphatic rings. The summed E-state index contributed by atoms with van der Waals surface area (Å²) < 4.78 is 1.63. The molecule has 0 fully saturated rings. The van der Waals surface area contributed by atoms with Crippen molar-refractivity contribution in [2.75, 3.05) is 0 Å². The molecule has 1 aromatic carbocycles. The van der Waals surface area contributed by atoms with E-state index in [9.17, 15) is 0 Å². The molecule has 0 aliphatic heterocycles. The number of fused-ring (bicyclic) bond motifs is 1. The smallest absolute Gasteiger partial charge is 0.161 e. The quantitative estimate of drug-likeness (QED) is 0.670. The fourth-order valence-corrected chi connectivity index (χ4v) is 2.43. The predicted octanol–water partition coefficient (Wildman–Crippen LogP) is 3.94. The second-order valence-electron chi connectivity index (χ2n) is 4.39. The molecule has 5 heteroatoms. The highest BCUT2D eigenvalue weighted by atomic mass is 35.5. The van der Waals surface area contributed by atoms with Crippen LogP contribution in [0.4, 0.5) is 0 Å². The first kappa shape index (κ1) is 12.5. The van der Waals surface area contributed by atoms with Crippen LogP contribution in [-0.2, 0) is 6.42 Å². The van der Waals surface area contributed by atoms with Crippen LogP contribution in [0, 0.1) is 6.92 Å². The Bertz CT molecular complexity index is 735. The molecular weight excluding hydrogens is 281 g/mol. The summed E-state index contributed by atoms with van der Waals surface area (Å²) in [5.41, 5.74) is 3.66. The Kier molecular flexibility index (Phi) is 3.17. The van der Waals surface area contributed by atoms with Gasteiger partial charge in [-0.15, -0.1) is 0 Å². The Morgan fingerprint density at radius 1 is 1.16 bits per heavy atom. The fourth-order valence-electron chi connectivity index (χ4n) is 2.00. The van der Waals surface area contributed by atoms with Gasteiger partial charge in [0.25, 0.3) is 0 Å². The van der Waals surface area contributed by atoms with Crippen LogP contribution in [0.2, 0.25) is 10.3 Å². The van der Waals surface area contributed by atoms with Crippen molar-refractivity contribution in [3.8, 4) is 0 Å². The highest BCUT2D eigenvalue weighted by Gasteiger charge is 2.13. The number of hydrogen-bond acceptors (Lipinski definition) is 2.